The molecule has 1 aromatic carbocycles. The second-order valence-electron chi connectivity index (χ2n) is 4.74. The highest BCUT2D eigenvalue weighted by Crippen LogP contribution is 2.35. The van der Waals surface area contributed by atoms with Crippen molar-refractivity contribution in [3.63, 3.8) is 0 Å². The number of halogens is 3. The minimum absolute atomic E-state index is 0.258. The van der Waals surface area contributed by atoms with Gasteiger partial charge in [-0.3, -0.25) is 0 Å². The van der Waals surface area contributed by atoms with Crippen LogP contribution < -0.4 is 4.74 Å². The van der Waals surface area contributed by atoms with Gasteiger partial charge in [-0.2, -0.15) is 0 Å². The normalized spacial score (nSPS) is 17.5. The minimum Gasteiger partial charge on any atom is -0.489 e. The average molecular weight is 308 g/mol. The van der Waals surface area contributed by atoms with Crippen LogP contribution in [0.25, 0.3) is 0 Å². The lowest BCUT2D eigenvalue weighted by Crippen LogP contribution is -2.16. The SMILES string of the molecule is ClCc1cc(Cl)cc(Cl)c1OC1CCCCCC1. The first kappa shape index (κ1) is 14.3. The van der Waals surface area contributed by atoms with Crippen molar-refractivity contribution in [1.82, 2.24) is 0 Å². The summed E-state index contributed by atoms with van der Waals surface area (Å²) in [5.41, 5.74) is 0.874. The van der Waals surface area contributed by atoms with Crippen LogP contribution in [-0.2, 0) is 5.88 Å². The van der Waals surface area contributed by atoms with Crippen LogP contribution in [0.15, 0.2) is 12.1 Å². The van der Waals surface area contributed by atoms with Gasteiger partial charge in [0.25, 0.3) is 0 Å². The van der Waals surface area contributed by atoms with Gasteiger partial charge in [0.1, 0.15) is 5.75 Å². The summed E-state index contributed by atoms with van der Waals surface area (Å²) in [4.78, 5) is 0. The van der Waals surface area contributed by atoms with E-state index >= 15 is 0 Å². The molecule has 0 N–H and O–H groups in total. The molecule has 0 saturated heterocycles. The fourth-order valence-corrected chi connectivity index (χ4v) is 3.15. The zero-order valence-electron chi connectivity index (χ0n) is 10.2. The van der Waals surface area contributed by atoms with Crippen LogP contribution in [0.1, 0.15) is 44.1 Å². The van der Waals surface area contributed by atoms with E-state index in [1.54, 1.807) is 6.07 Å². The molecule has 0 aliphatic heterocycles. The smallest absolute Gasteiger partial charge is 0.142 e. The first-order valence-corrected chi connectivity index (χ1v) is 7.70. The summed E-state index contributed by atoms with van der Waals surface area (Å²) in [6.07, 6.45) is 7.51. The largest absolute Gasteiger partial charge is 0.489 e. The number of hydrogen-bond donors (Lipinski definition) is 0. The first-order valence-electron chi connectivity index (χ1n) is 6.41. The van der Waals surface area contributed by atoms with Crippen LogP contribution >= 0.6 is 34.8 Å². The highest BCUT2D eigenvalue weighted by Gasteiger charge is 2.18. The van der Waals surface area contributed by atoms with E-state index in [-0.39, 0.29) is 6.10 Å². The lowest BCUT2D eigenvalue weighted by molar-refractivity contribution is 0.182. The second kappa shape index (κ2) is 6.88. The third-order valence-corrected chi connectivity index (χ3v) is 4.10. The molecular weight excluding hydrogens is 291 g/mol. The van der Waals surface area contributed by atoms with Crippen molar-refractivity contribution in [3.8, 4) is 5.75 Å². The Morgan fingerprint density at radius 1 is 1.06 bits per heavy atom. The predicted molar refractivity (Wildman–Crippen MR) is 78.1 cm³/mol. The maximum atomic E-state index is 6.21. The maximum Gasteiger partial charge on any atom is 0.142 e. The summed E-state index contributed by atoms with van der Waals surface area (Å²) in [6, 6.07) is 3.54. The van der Waals surface area contributed by atoms with E-state index in [0.29, 0.717) is 21.7 Å². The standard InChI is InChI=1S/C14H17Cl3O/c15-9-10-7-11(16)8-13(17)14(10)18-12-5-3-1-2-4-6-12/h7-8,12H,1-6,9H2. The van der Waals surface area contributed by atoms with Crippen molar-refractivity contribution in [1.29, 1.82) is 0 Å². The van der Waals surface area contributed by atoms with Crippen molar-refractivity contribution < 1.29 is 4.74 Å². The molecule has 0 aromatic heterocycles. The predicted octanol–water partition coefficient (Wildman–Crippen LogP) is 5.83. The molecule has 0 heterocycles. The lowest BCUT2D eigenvalue weighted by Gasteiger charge is -2.20. The van der Waals surface area contributed by atoms with Crippen LogP contribution in [0, 0.1) is 0 Å². The van der Waals surface area contributed by atoms with Crippen LogP contribution in [0.4, 0.5) is 0 Å². The molecule has 1 fully saturated rings. The van der Waals surface area contributed by atoms with E-state index < -0.39 is 0 Å². The zero-order chi connectivity index (χ0) is 13.0. The van der Waals surface area contributed by atoms with Crippen LogP contribution in [-0.4, -0.2) is 6.10 Å². The van der Waals surface area contributed by atoms with Gasteiger partial charge >= 0.3 is 0 Å². The molecule has 1 aromatic rings. The van der Waals surface area contributed by atoms with Crippen molar-refractivity contribution >= 4 is 34.8 Å². The summed E-state index contributed by atoms with van der Waals surface area (Å²) in [5.74, 6) is 1.07. The molecule has 0 atom stereocenters. The Morgan fingerprint density at radius 2 is 1.72 bits per heavy atom. The van der Waals surface area contributed by atoms with Crippen molar-refractivity contribution in [2.75, 3.05) is 0 Å². The summed E-state index contributed by atoms with van der Waals surface area (Å²) in [7, 11) is 0. The van der Waals surface area contributed by atoms with Crippen molar-refractivity contribution in [2.45, 2.75) is 50.5 Å². The monoisotopic (exact) mass is 306 g/mol. The highest BCUT2D eigenvalue weighted by molar-refractivity contribution is 6.36. The Balaban J connectivity index is 2.16. The van der Waals surface area contributed by atoms with Gasteiger partial charge in [0.05, 0.1) is 17.0 Å². The van der Waals surface area contributed by atoms with Crippen LogP contribution in [0.5, 0.6) is 5.75 Å². The molecule has 1 saturated carbocycles. The first-order chi connectivity index (χ1) is 8.70. The van der Waals surface area contributed by atoms with Gasteiger partial charge in [0.2, 0.25) is 0 Å². The van der Waals surface area contributed by atoms with Gasteiger partial charge in [0, 0.05) is 10.6 Å². The van der Waals surface area contributed by atoms with Gasteiger partial charge < -0.3 is 4.74 Å². The molecule has 0 unspecified atom stereocenters. The number of alkyl halides is 1. The summed E-state index contributed by atoms with van der Waals surface area (Å²) >= 11 is 18.1. The second-order valence-corrected chi connectivity index (χ2v) is 5.85. The van der Waals surface area contributed by atoms with E-state index in [4.69, 9.17) is 39.5 Å². The lowest BCUT2D eigenvalue weighted by atomic mass is 10.1. The Labute approximate surface area is 123 Å². The van der Waals surface area contributed by atoms with Gasteiger partial charge in [-0.1, -0.05) is 36.0 Å². The Bertz CT molecular complexity index is 398. The van der Waals surface area contributed by atoms with E-state index in [1.807, 2.05) is 6.07 Å². The average Bonchev–Trinajstić information content (AvgIpc) is 2.60. The summed E-state index contributed by atoms with van der Waals surface area (Å²) in [5, 5.41) is 1.16. The molecule has 100 valence electrons. The molecule has 0 amide bonds. The molecule has 4 heteroatoms. The van der Waals surface area contributed by atoms with Crippen molar-refractivity contribution in [3.05, 3.63) is 27.7 Å². The topological polar surface area (TPSA) is 9.23 Å². The fraction of sp³-hybridized carbons (Fsp3) is 0.571. The maximum absolute atomic E-state index is 6.21. The fourth-order valence-electron chi connectivity index (χ4n) is 2.37. The van der Waals surface area contributed by atoms with Gasteiger partial charge in [-0.15, -0.1) is 11.6 Å². The van der Waals surface area contributed by atoms with E-state index in [9.17, 15) is 0 Å². The van der Waals surface area contributed by atoms with Gasteiger partial charge in [0.15, 0.2) is 0 Å². The molecular formula is C14H17Cl3O. The van der Waals surface area contributed by atoms with Crippen molar-refractivity contribution in [2.24, 2.45) is 0 Å². The molecule has 0 bridgehead atoms. The molecule has 1 aliphatic rings. The Hall–Kier alpha value is -0.110. The van der Waals surface area contributed by atoms with Gasteiger partial charge in [-0.25, -0.2) is 0 Å². The zero-order valence-corrected chi connectivity index (χ0v) is 12.5. The number of ether oxygens (including phenoxy) is 1. The molecule has 2 rings (SSSR count). The molecule has 1 nitrogen and oxygen atoms in total. The van der Waals surface area contributed by atoms with E-state index in [0.717, 1.165) is 18.4 Å². The number of hydrogen-bond acceptors (Lipinski definition) is 1. The van der Waals surface area contributed by atoms with Crippen LogP contribution in [0.2, 0.25) is 10.0 Å². The molecule has 0 radical (unpaired) electrons. The molecule has 0 spiro atoms. The molecule has 1 aliphatic carbocycles. The summed E-state index contributed by atoms with van der Waals surface area (Å²) in [6.45, 7) is 0. The minimum atomic E-state index is 0.258. The summed E-state index contributed by atoms with van der Waals surface area (Å²) < 4.78 is 6.07. The third kappa shape index (κ3) is 3.69. The highest BCUT2D eigenvalue weighted by atomic mass is 35.5. The number of rotatable bonds is 3. The van der Waals surface area contributed by atoms with Gasteiger partial charge in [-0.05, 0) is 37.8 Å². The number of benzene rings is 1. The molecule has 18 heavy (non-hydrogen) atoms. The van der Waals surface area contributed by atoms with Crippen LogP contribution in [0.3, 0.4) is 0 Å². The van der Waals surface area contributed by atoms with E-state index in [1.165, 1.54) is 25.7 Å². The van der Waals surface area contributed by atoms with E-state index in [2.05, 4.69) is 0 Å². The Morgan fingerprint density at radius 3 is 2.33 bits per heavy atom. The quantitative estimate of drug-likeness (QED) is 0.504. The third-order valence-electron chi connectivity index (χ3n) is 3.32. The Kier molecular flexibility index (Phi) is 5.47.